The lowest BCUT2D eigenvalue weighted by Gasteiger charge is -2.08. The van der Waals surface area contributed by atoms with E-state index in [9.17, 15) is 13.6 Å². The number of furan rings is 1. The first-order valence-corrected chi connectivity index (χ1v) is 10.1. The summed E-state index contributed by atoms with van der Waals surface area (Å²) in [7, 11) is 0. The Hall–Kier alpha value is -3.46. The van der Waals surface area contributed by atoms with Crippen molar-refractivity contribution < 1.29 is 27.5 Å². The molecule has 1 N–H and O–H groups in total. The van der Waals surface area contributed by atoms with Gasteiger partial charge in [0.15, 0.2) is 10.9 Å². The second-order valence-electron chi connectivity index (χ2n) is 6.80. The molecule has 0 radical (unpaired) electrons. The maximum Gasteiger partial charge on any atom is 0.387 e. The Morgan fingerprint density at radius 2 is 2.00 bits per heavy atom. The maximum absolute atomic E-state index is 12.5. The van der Waals surface area contributed by atoms with Crippen molar-refractivity contribution in [2.45, 2.75) is 27.1 Å². The third-order valence-corrected chi connectivity index (χ3v) is 5.34. The number of amides is 1. The molecule has 2 heterocycles. The van der Waals surface area contributed by atoms with Crippen LogP contribution in [0.25, 0.3) is 10.2 Å². The highest BCUT2D eigenvalue weighted by Gasteiger charge is 2.15. The molecule has 0 saturated heterocycles. The van der Waals surface area contributed by atoms with E-state index in [0.717, 1.165) is 28.2 Å². The van der Waals surface area contributed by atoms with Crippen LogP contribution in [0.1, 0.15) is 27.4 Å². The van der Waals surface area contributed by atoms with Gasteiger partial charge in [-0.05, 0) is 61.4 Å². The highest BCUT2D eigenvalue weighted by Crippen LogP contribution is 2.30. The molecule has 0 saturated carbocycles. The zero-order valence-corrected chi connectivity index (χ0v) is 17.5. The van der Waals surface area contributed by atoms with Crippen LogP contribution in [0, 0.1) is 13.8 Å². The summed E-state index contributed by atoms with van der Waals surface area (Å²) in [6.45, 7) is 1.22. The first-order valence-electron chi connectivity index (χ1n) is 9.33. The Morgan fingerprint density at radius 3 is 2.81 bits per heavy atom. The number of halogens is 2. The van der Waals surface area contributed by atoms with Crippen molar-refractivity contribution in [1.29, 1.82) is 0 Å². The molecule has 6 nitrogen and oxygen atoms in total. The molecule has 4 aromatic rings. The Morgan fingerprint density at radius 1 is 1.16 bits per heavy atom. The van der Waals surface area contributed by atoms with Crippen LogP contribution in [0.4, 0.5) is 13.9 Å². The summed E-state index contributed by atoms with van der Waals surface area (Å²) >= 11 is 1.14. The molecule has 2 aromatic heterocycles. The molecular formula is C22H18F2N2O4S. The van der Waals surface area contributed by atoms with Gasteiger partial charge in [-0.25, -0.2) is 4.98 Å². The van der Waals surface area contributed by atoms with Gasteiger partial charge in [-0.2, -0.15) is 8.78 Å². The summed E-state index contributed by atoms with van der Waals surface area (Å²) in [5.41, 5.74) is 2.65. The van der Waals surface area contributed by atoms with Gasteiger partial charge >= 0.3 is 6.61 Å². The minimum Gasteiger partial charge on any atom is -0.485 e. The number of hydrogen-bond donors (Lipinski definition) is 1. The first-order chi connectivity index (χ1) is 14.9. The van der Waals surface area contributed by atoms with E-state index in [4.69, 9.17) is 9.15 Å². The molecule has 0 aliphatic heterocycles. The molecule has 0 spiro atoms. The van der Waals surface area contributed by atoms with Crippen molar-refractivity contribution in [2.24, 2.45) is 0 Å². The van der Waals surface area contributed by atoms with Gasteiger partial charge in [-0.3, -0.25) is 10.1 Å². The SMILES string of the molecule is Cc1ccc(C)c(OCc2ccc(C(=O)Nc3nc4ccc(OC(F)F)cc4s3)o2)c1. The number of carbonyl (C=O) groups is 1. The first kappa shape index (κ1) is 20.8. The summed E-state index contributed by atoms with van der Waals surface area (Å²) in [4.78, 5) is 16.8. The minimum atomic E-state index is -2.91. The second kappa shape index (κ2) is 8.73. The normalized spacial score (nSPS) is 11.1. The number of benzene rings is 2. The van der Waals surface area contributed by atoms with Crippen molar-refractivity contribution >= 4 is 32.6 Å². The fourth-order valence-electron chi connectivity index (χ4n) is 2.88. The maximum atomic E-state index is 12.5. The monoisotopic (exact) mass is 444 g/mol. The Balaban J connectivity index is 1.41. The van der Waals surface area contributed by atoms with E-state index in [1.165, 1.54) is 12.1 Å². The van der Waals surface area contributed by atoms with Crippen LogP contribution in [-0.2, 0) is 6.61 Å². The van der Waals surface area contributed by atoms with Crippen LogP contribution in [0.2, 0.25) is 0 Å². The van der Waals surface area contributed by atoms with Crippen LogP contribution >= 0.6 is 11.3 Å². The number of hydrogen-bond acceptors (Lipinski definition) is 6. The molecule has 0 aliphatic carbocycles. The number of rotatable bonds is 7. The Kier molecular flexibility index (Phi) is 5.85. The topological polar surface area (TPSA) is 73.6 Å². The number of alkyl halides is 2. The second-order valence-corrected chi connectivity index (χ2v) is 7.84. The van der Waals surface area contributed by atoms with Crippen molar-refractivity contribution in [1.82, 2.24) is 4.98 Å². The van der Waals surface area contributed by atoms with Crippen molar-refractivity contribution in [2.75, 3.05) is 5.32 Å². The van der Waals surface area contributed by atoms with E-state index in [1.807, 2.05) is 32.0 Å². The number of carbonyl (C=O) groups excluding carboxylic acids is 1. The highest BCUT2D eigenvalue weighted by molar-refractivity contribution is 7.22. The summed E-state index contributed by atoms with van der Waals surface area (Å²) in [6, 6.07) is 13.6. The van der Waals surface area contributed by atoms with E-state index in [-0.39, 0.29) is 18.1 Å². The fraction of sp³-hybridized carbons (Fsp3) is 0.182. The number of fused-ring (bicyclic) bond motifs is 1. The van der Waals surface area contributed by atoms with E-state index in [0.29, 0.717) is 21.1 Å². The predicted octanol–water partition coefficient (Wildman–Crippen LogP) is 5.94. The molecule has 0 atom stereocenters. The van der Waals surface area contributed by atoms with E-state index < -0.39 is 12.5 Å². The molecule has 2 aromatic carbocycles. The quantitative estimate of drug-likeness (QED) is 0.382. The number of thiazole rings is 1. The third kappa shape index (κ3) is 5.00. The van der Waals surface area contributed by atoms with E-state index in [1.54, 1.807) is 18.2 Å². The van der Waals surface area contributed by atoms with Gasteiger partial charge in [-0.1, -0.05) is 23.5 Å². The van der Waals surface area contributed by atoms with Gasteiger partial charge < -0.3 is 13.9 Å². The largest absolute Gasteiger partial charge is 0.485 e. The lowest BCUT2D eigenvalue weighted by molar-refractivity contribution is -0.0497. The van der Waals surface area contributed by atoms with Crippen molar-refractivity contribution in [3.8, 4) is 11.5 Å². The van der Waals surface area contributed by atoms with Gasteiger partial charge in [0, 0.05) is 0 Å². The van der Waals surface area contributed by atoms with Crippen molar-refractivity contribution in [3.05, 3.63) is 71.2 Å². The van der Waals surface area contributed by atoms with Gasteiger partial charge in [0.1, 0.15) is 23.9 Å². The third-order valence-electron chi connectivity index (χ3n) is 4.40. The van der Waals surface area contributed by atoms with Crippen LogP contribution in [0.15, 0.2) is 52.9 Å². The van der Waals surface area contributed by atoms with E-state index in [2.05, 4.69) is 15.0 Å². The number of ether oxygens (including phenoxy) is 2. The number of aryl methyl sites for hydroxylation is 2. The average molecular weight is 444 g/mol. The average Bonchev–Trinajstić information content (AvgIpc) is 3.34. The number of aromatic nitrogens is 1. The number of nitrogens with zero attached hydrogens (tertiary/aromatic N) is 1. The molecule has 1 amide bonds. The molecule has 31 heavy (non-hydrogen) atoms. The molecular weight excluding hydrogens is 426 g/mol. The lowest BCUT2D eigenvalue weighted by atomic mass is 10.1. The molecule has 0 unspecified atom stereocenters. The van der Waals surface area contributed by atoms with Crippen LogP contribution < -0.4 is 14.8 Å². The van der Waals surface area contributed by atoms with Gasteiger partial charge in [0.25, 0.3) is 5.91 Å². The minimum absolute atomic E-state index is 0.0311. The summed E-state index contributed by atoms with van der Waals surface area (Å²) < 4.78 is 41.1. The van der Waals surface area contributed by atoms with Crippen molar-refractivity contribution in [3.63, 3.8) is 0 Å². The molecule has 0 fully saturated rings. The standard InChI is InChI=1S/C22H18F2N2O4S/c1-12-3-4-13(2)18(9-12)28-11-15-6-8-17(29-15)20(27)26-22-25-16-7-5-14(30-21(23)24)10-19(16)31-22/h3-10,21H,11H2,1-2H3,(H,25,26,27). The predicted molar refractivity (Wildman–Crippen MR) is 113 cm³/mol. The lowest BCUT2D eigenvalue weighted by Crippen LogP contribution is -2.10. The molecule has 9 heteroatoms. The summed E-state index contributed by atoms with van der Waals surface area (Å²) in [6.07, 6.45) is 0. The Labute approximate surface area is 180 Å². The Bertz CT molecular complexity index is 1240. The number of nitrogens with one attached hydrogen (secondary N) is 1. The molecule has 4 rings (SSSR count). The van der Waals surface area contributed by atoms with Gasteiger partial charge in [-0.15, -0.1) is 0 Å². The number of anilines is 1. The highest BCUT2D eigenvalue weighted by atomic mass is 32.1. The zero-order chi connectivity index (χ0) is 22.0. The molecule has 0 aliphatic rings. The van der Waals surface area contributed by atoms with Crippen LogP contribution in [0.3, 0.4) is 0 Å². The smallest absolute Gasteiger partial charge is 0.387 e. The van der Waals surface area contributed by atoms with Crippen LogP contribution in [-0.4, -0.2) is 17.5 Å². The molecule has 160 valence electrons. The van der Waals surface area contributed by atoms with E-state index >= 15 is 0 Å². The zero-order valence-electron chi connectivity index (χ0n) is 16.6. The van der Waals surface area contributed by atoms with Gasteiger partial charge in [0.05, 0.1) is 10.2 Å². The van der Waals surface area contributed by atoms with Crippen LogP contribution in [0.5, 0.6) is 11.5 Å². The van der Waals surface area contributed by atoms with Gasteiger partial charge in [0.2, 0.25) is 0 Å². The fourth-order valence-corrected chi connectivity index (χ4v) is 3.77. The molecule has 0 bridgehead atoms. The summed E-state index contributed by atoms with van der Waals surface area (Å²) in [5.74, 6) is 0.932. The summed E-state index contributed by atoms with van der Waals surface area (Å²) in [5, 5.41) is 2.97.